The van der Waals surface area contributed by atoms with Gasteiger partial charge in [-0.1, -0.05) is 0 Å². The predicted octanol–water partition coefficient (Wildman–Crippen LogP) is 3.09. The van der Waals surface area contributed by atoms with Gasteiger partial charge in [-0.25, -0.2) is 9.97 Å². The molecule has 2 aromatic heterocycles. The zero-order chi connectivity index (χ0) is 26.6. The van der Waals surface area contributed by atoms with Crippen molar-refractivity contribution in [2.24, 2.45) is 7.05 Å². The Balaban J connectivity index is 1.43. The number of carbonyl (C=O) groups excluding carboxylic acids is 1. The fourth-order valence-electron chi connectivity index (χ4n) is 4.07. The highest BCUT2D eigenvalue weighted by molar-refractivity contribution is 5.84. The number of carbonyl (C=O) groups is 1. The standard InChI is InChI=1S/C25H27F3N6O3/c1-32(23(35)15-34-7-10-36-11-8-34)6-3-9-37-22-5-4-17(12-18(22)25(26,27)28)19-13-21-24(20(14-29)31-19)30-16-33(21)2/h4-5,12-13,16H,3,6-11,15H2,1-2H3. The van der Waals surface area contributed by atoms with E-state index in [0.29, 0.717) is 50.3 Å². The minimum Gasteiger partial charge on any atom is -0.493 e. The summed E-state index contributed by atoms with van der Waals surface area (Å²) in [7, 11) is 3.40. The normalized spacial score (nSPS) is 14.5. The smallest absolute Gasteiger partial charge is 0.419 e. The largest absolute Gasteiger partial charge is 0.493 e. The Bertz CT molecular complexity index is 1310. The van der Waals surface area contributed by atoms with Crippen LogP contribution in [0.5, 0.6) is 5.75 Å². The number of ether oxygens (including phenoxy) is 2. The maximum Gasteiger partial charge on any atom is 0.419 e. The van der Waals surface area contributed by atoms with Crippen LogP contribution in [-0.2, 0) is 22.8 Å². The summed E-state index contributed by atoms with van der Waals surface area (Å²) in [5.41, 5.74) is 0.500. The van der Waals surface area contributed by atoms with Gasteiger partial charge in [0.25, 0.3) is 0 Å². The second-order valence-electron chi connectivity index (χ2n) is 8.81. The van der Waals surface area contributed by atoms with Gasteiger partial charge >= 0.3 is 6.18 Å². The first kappa shape index (κ1) is 26.4. The van der Waals surface area contributed by atoms with Crippen LogP contribution in [0.1, 0.15) is 17.7 Å². The summed E-state index contributed by atoms with van der Waals surface area (Å²) >= 11 is 0. The van der Waals surface area contributed by atoms with Crippen molar-refractivity contribution in [3.63, 3.8) is 0 Å². The number of aromatic nitrogens is 3. The molecule has 196 valence electrons. The Morgan fingerprint density at radius 3 is 2.73 bits per heavy atom. The number of hydrogen-bond acceptors (Lipinski definition) is 7. The SMILES string of the molecule is CN(CCCOc1ccc(-c2cc3c(ncn3C)c(C#N)n2)cc1C(F)(F)F)C(=O)CN1CCOCC1. The number of halogens is 3. The molecule has 1 amide bonds. The lowest BCUT2D eigenvalue weighted by Gasteiger charge is -2.28. The van der Waals surface area contributed by atoms with Crippen LogP contribution >= 0.6 is 0 Å². The molecule has 0 saturated carbocycles. The first-order valence-electron chi connectivity index (χ1n) is 11.8. The summed E-state index contributed by atoms with van der Waals surface area (Å²) in [5, 5.41) is 9.43. The molecule has 37 heavy (non-hydrogen) atoms. The summed E-state index contributed by atoms with van der Waals surface area (Å²) in [4.78, 5) is 24.3. The number of likely N-dealkylation sites (N-methyl/N-ethyl adjacent to an activating group) is 1. The van der Waals surface area contributed by atoms with Gasteiger partial charge in [0.2, 0.25) is 5.91 Å². The second-order valence-corrected chi connectivity index (χ2v) is 8.81. The van der Waals surface area contributed by atoms with Crippen molar-refractivity contribution in [3.05, 3.63) is 41.9 Å². The van der Waals surface area contributed by atoms with Crippen molar-refractivity contribution in [3.8, 4) is 23.1 Å². The fraction of sp³-hybridized carbons (Fsp3) is 0.440. The van der Waals surface area contributed by atoms with Gasteiger partial charge in [0.1, 0.15) is 17.3 Å². The maximum absolute atomic E-state index is 13.9. The average molecular weight is 517 g/mol. The number of benzene rings is 1. The van der Waals surface area contributed by atoms with Gasteiger partial charge in [0.05, 0.1) is 49.5 Å². The number of pyridine rings is 1. The first-order chi connectivity index (χ1) is 17.7. The first-order valence-corrected chi connectivity index (χ1v) is 11.8. The topological polar surface area (TPSA) is 96.5 Å². The Morgan fingerprint density at radius 2 is 2.03 bits per heavy atom. The van der Waals surface area contributed by atoms with Crippen LogP contribution < -0.4 is 4.74 Å². The minimum absolute atomic E-state index is 0.00934. The Labute approximate surface area is 212 Å². The molecule has 1 fully saturated rings. The number of imidazole rings is 1. The highest BCUT2D eigenvalue weighted by Crippen LogP contribution is 2.39. The minimum atomic E-state index is -4.66. The molecule has 0 bridgehead atoms. The zero-order valence-electron chi connectivity index (χ0n) is 20.6. The number of nitriles is 1. The summed E-state index contributed by atoms with van der Waals surface area (Å²) in [6, 6.07) is 7.26. The zero-order valence-corrected chi connectivity index (χ0v) is 20.6. The van der Waals surface area contributed by atoms with Crippen LogP contribution in [0.25, 0.3) is 22.3 Å². The van der Waals surface area contributed by atoms with Gasteiger partial charge in [-0.3, -0.25) is 9.69 Å². The van der Waals surface area contributed by atoms with Gasteiger partial charge in [0, 0.05) is 39.3 Å². The van der Waals surface area contributed by atoms with Crippen molar-refractivity contribution in [2.45, 2.75) is 12.6 Å². The summed E-state index contributed by atoms with van der Waals surface area (Å²) in [6.45, 7) is 3.23. The molecular formula is C25H27F3N6O3. The quantitative estimate of drug-likeness (QED) is 0.425. The number of rotatable bonds is 8. The molecule has 0 spiro atoms. The van der Waals surface area contributed by atoms with Gasteiger partial charge in [0.15, 0.2) is 5.69 Å². The predicted molar refractivity (Wildman–Crippen MR) is 129 cm³/mol. The molecule has 1 saturated heterocycles. The Hall–Kier alpha value is -3.69. The molecule has 0 aliphatic carbocycles. The Kier molecular flexibility index (Phi) is 7.94. The van der Waals surface area contributed by atoms with Crippen LogP contribution in [0.3, 0.4) is 0 Å². The molecule has 0 radical (unpaired) electrons. The van der Waals surface area contributed by atoms with Crippen molar-refractivity contribution in [1.82, 2.24) is 24.3 Å². The lowest BCUT2D eigenvalue weighted by Crippen LogP contribution is -2.44. The lowest BCUT2D eigenvalue weighted by atomic mass is 10.1. The number of amides is 1. The molecule has 1 aromatic carbocycles. The van der Waals surface area contributed by atoms with Crippen LogP contribution in [0.2, 0.25) is 0 Å². The van der Waals surface area contributed by atoms with Gasteiger partial charge < -0.3 is 18.9 Å². The van der Waals surface area contributed by atoms with Crippen molar-refractivity contribution in [1.29, 1.82) is 5.26 Å². The average Bonchev–Trinajstić information content (AvgIpc) is 3.26. The molecule has 0 atom stereocenters. The van der Waals surface area contributed by atoms with Gasteiger partial charge in [-0.15, -0.1) is 0 Å². The van der Waals surface area contributed by atoms with E-state index in [1.54, 1.807) is 29.6 Å². The van der Waals surface area contributed by atoms with Crippen LogP contribution in [-0.4, -0.2) is 83.3 Å². The van der Waals surface area contributed by atoms with E-state index in [-0.39, 0.29) is 41.8 Å². The number of alkyl halides is 3. The molecule has 9 nitrogen and oxygen atoms in total. The van der Waals surface area contributed by atoms with E-state index >= 15 is 0 Å². The molecular weight excluding hydrogens is 489 g/mol. The molecule has 1 aliphatic rings. The van der Waals surface area contributed by atoms with Crippen molar-refractivity contribution >= 4 is 16.9 Å². The third kappa shape index (κ3) is 6.18. The molecule has 3 heterocycles. The van der Waals surface area contributed by atoms with E-state index < -0.39 is 11.7 Å². The van der Waals surface area contributed by atoms with E-state index in [4.69, 9.17) is 9.47 Å². The summed E-state index contributed by atoms with van der Waals surface area (Å²) in [6.07, 6.45) is -2.78. The molecule has 4 rings (SSSR count). The third-order valence-electron chi connectivity index (χ3n) is 6.18. The number of hydrogen-bond donors (Lipinski definition) is 0. The summed E-state index contributed by atoms with van der Waals surface area (Å²) < 4.78 is 54.1. The highest BCUT2D eigenvalue weighted by atomic mass is 19.4. The molecule has 1 aliphatic heterocycles. The fourth-order valence-corrected chi connectivity index (χ4v) is 4.07. The van der Waals surface area contributed by atoms with E-state index in [1.807, 2.05) is 11.0 Å². The number of aryl methyl sites for hydroxylation is 1. The molecule has 12 heteroatoms. The molecule has 0 N–H and O–H groups in total. The van der Waals surface area contributed by atoms with E-state index in [0.717, 1.165) is 6.07 Å². The van der Waals surface area contributed by atoms with E-state index in [9.17, 15) is 23.2 Å². The van der Waals surface area contributed by atoms with Crippen LogP contribution in [0.4, 0.5) is 13.2 Å². The van der Waals surface area contributed by atoms with Gasteiger partial charge in [-0.2, -0.15) is 18.4 Å². The molecule has 0 unspecified atom stereocenters. The van der Waals surface area contributed by atoms with Crippen LogP contribution in [0.15, 0.2) is 30.6 Å². The number of fused-ring (bicyclic) bond motifs is 1. The third-order valence-corrected chi connectivity index (χ3v) is 6.18. The number of nitrogens with zero attached hydrogens (tertiary/aromatic N) is 6. The summed E-state index contributed by atoms with van der Waals surface area (Å²) in [5.74, 6) is -0.363. The van der Waals surface area contributed by atoms with Crippen molar-refractivity contribution < 1.29 is 27.4 Å². The van der Waals surface area contributed by atoms with Gasteiger partial charge in [-0.05, 0) is 30.7 Å². The van der Waals surface area contributed by atoms with Crippen LogP contribution in [0, 0.1) is 11.3 Å². The lowest BCUT2D eigenvalue weighted by molar-refractivity contribution is -0.138. The highest BCUT2D eigenvalue weighted by Gasteiger charge is 2.35. The monoisotopic (exact) mass is 516 g/mol. The number of morpholine rings is 1. The molecule has 3 aromatic rings. The second kappa shape index (κ2) is 11.1. The van der Waals surface area contributed by atoms with Crippen molar-refractivity contribution in [2.75, 3.05) is 53.0 Å². The van der Waals surface area contributed by atoms with E-state index in [1.165, 1.54) is 18.5 Å². The Morgan fingerprint density at radius 1 is 1.27 bits per heavy atom. The maximum atomic E-state index is 13.9. The van der Waals surface area contributed by atoms with E-state index in [2.05, 4.69) is 9.97 Å².